The van der Waals surface area contributed by atoms with Crippen molar-refractivity contribution in [1.82, 2.24) is 4.90 Å². The van der Waals surface area contributed by atoms with Crippen LogP contribution in [0, 0.1) is 5.92 Å². The number of esters is 1. The maximum Gasteiger partial charge on any atom is 0.311 e. The van der Waals surface area contributed by atoms with Crippen LogP contribution in [-0.4, -0.2) is 56.1 Å². The van der Waals surface area contributed by atoms with Crippen molar-refractivity contribution in [3.05, 3.63) is 60.2 Å². The minimum atomic E-state index is -0.366. The summed E-state index contributed by atoms with van der Waals surface area (Å²) in [6, 6.07) is 18.7. The zero-order valence-electron chi connectivity index (χ0n) is 17.5. The van der Waals surface area contributed by atoms with E-state index in [9.17, 15) is 9.59 Å². The standard InChI is InChI=1S/C24H29N3O3/c1-2-30-24(29)20-16-23(28)27(18-20)22-10-8-21(9-11-22)26-14-12-25(13-15-26)17-19-6-4-3-5-7-19/h3-11,20H,2,12-18H2,1H3/t20-/m1/s1. The van der Waals surface area contributed by atoms with E-state index >= 15 is 0 Å². The Hall–Kier alpha value is -2.86. The van der Waals surface area contributed by atoms with Crippen molar-refractivity contribution in [3.63, 3.8) is 0 Å². The van der Waals surface area contributed by atoms with E-state index in [1.54, 1.807) is 11.8 Å². The summed E-state index contributed by atoms with van der Waals surface area (Å²) in [6.07, 6.45) is 0.226. The summed E-state index contributed by atoms with van der Waals surface area (Å²) in [5, 5.41) is 0. The molecule has 6 nitrogen and oxygen atoms in total. The average molecular weight is 408 g/mol. The highest BCUT2D eigenvalue weighted by atomic mass is 16.5. The smallest absolute Gasteiger partial charge is 0.311 e. The van der Waals surface area contributed by atoms with Gasteiger partial charge in [-0.15, -0.1) is 0 Å². The summed E-state index contributed by atoms with van der Waals surface area (Å²) in [5.41, 5.74) is 3.37. The summed E-state index contributed by atoms with van der Waals surface area (Å²) in [7, 11) is 0. The molecule has 2 saturated heterocycles. The second-order valence-electron chi connectivity index (χ2n) is 7.92. The van der Waals surface area contributed by atoms with Crippen molar-refractivity contribution in [3.8, 4) is 0 Å². The SMILES string of the molecule is CCOC(=O)[C@@H]1CC(=O)N(c2ccc(N3CCN(Cc4ccccc4)CC3)cc2)C1. The van der Waals surface area contributed by atoms with Crippen LogP contribution in [0.1, 0.15) is 18.9 Å². The Labute approximate surface area is 178 Å². The first-order chi connectivity index (χ1) is 14.6. The van der Waals surface area contributed by atoms with Gasteiger partial charge in [0.2, 0.25) is 5.91 Å². The van der Waals surface area contributed by atoms with E-state index in [1.807, 2.05) is 12.1 Å². The molecule has 2 aliphatic rings. The number of carbonyl (C=O) groups excluding carboxylic acids is 2. The Bertz CT molecular complexity index is 861. The zero-order chi connectivity index (χ0) is 20.9. The van der Waals surface area contributed by atoms with E-state index in [-0.39, 0.29) is 24.2 Å². The van der Waals surface area contributed by atoms with Gasteiger partial charge in [-0.1, -0.05) is 30.3 Å². The number of carbonyl (C=O) groups is 2. The van der Waals surface area contributed by atoms with Gasteiger partial charge in [-0.25, -0.2) is 0 Å². The summed E-state index contributed by atoms with van der Waals surface area (Å²) in [4.78, 5) is 30.9. The third kappa shape index (κ3) is 4.65. The molecule has 158 valence electrons. The quantitative estimate of drug-likeness (QED) is 0.689. The fraction of sp³-hybridized carbons (Fsp3) is 0.417. The van der Waals surface area contributed by atoms with E-state index < -0.39 is 0 Å². The van der Waals surface area contributed by atoms with Crippen LogP contribution in [0.25, 0.3) is 0 Å². The van der Waals surface area contributed by atoms with Crippen LogP contribution in [0.3, 0.4) is 0 Å². The summed E-state index contributed by atoms with van der Waals surface area (Å²) in [6.45, 7) is 7.55. The van der Waals surface area contributed by atoms with Crippen LogP contribution in [0.5, 0.6) is 0 Å². The topological polar surface area (TPSA) is 53.1 Å². The maximum absolute atomic E-state index is 12.4. The molecule has 1 amide bonds. The van der Waals surface area contributed by atoms with E-state index in [1.165, 1.54) is 11.3 Å². The first-order valence-electron chi connectivity index (χ1n) is 10.7. The van der Waals surface area contributed by atoms with Crippen LogP contribution < -0.4 is 9.80 Å². The van der Waals surface area contributed by atoms with Gasteiger partial charge in [0.15, 0.2) is 0 Å². The average Bonchev–Trinajstić information content (AvgIpc) is 3.17. The van der Waals surface area contributed by atoms with Crippen LogP contribution in [0.4, 0.5) is 11.4 Å². The highest BCUT2D eigenvalue weighted by Crippen LogP contribution is 2.28. The molecule has 0 spiro atoms. The number of piperazine rings is 1. The van der Waals surface area contributed by atoms with E-state index in [4.69, 9.17) is 4.74 Å². The highest BCUT2D eigenvalue weighted by molar-refractivity contribution is 5.99. The molecule has 30 heavy (non-hydrogen) atoms. The van der Waals surface area contributed by atoms with Crippen LogP contribution in [0.15, 0.2) is 54.6 Å². The molecule has 0 radical (unpaired) electrons. The predicted molar refractivity (Wildman–Crippen MR) is 117 cm³/mol. The summed E-state index contributed by atoms with van der Waals surface area (Å²) >= 11 is 0. The number of anilines is 2. The Morgan fingerprint density at radius 3 is 2.30 bits per heavy atom. The molecule has 1 atom stereocenters. The Morgan fingerprint density at radius 2 is 1.63 bits per heavy atom. The fourth-order valence-corrected chi connectivity index (χ4v) is 4.22. The molecule has 2 fully saturated rings. The van der Waals surface area contributed by atoms with Gasteiger partial charge in [-0.2, -0.15) is 0 Å². The first-order valence-corrected chi connectivity index (χ1v) is 10.7. The van der Waals surface area contributed by atoms with Crippen LogP contribution in [-0.2, 0) is 20.9 Å². The Kier molecular flexibility index (Phi) is 6.33. The number of nitrogens with zero attached hydrogens (tertiary/aromatic N) is 3. The molecular formula is C24H29N3O3. The number of ether oxygens (including phenoxy) is 1. The van der Waals surface area contributed by atoms with E-state index in [2.05, 4.69) is 52.3 Å². The van der Waals surface area contributed by atoms with Gasteiger partial charge in [0, 0.05) is 57.1 Å². The zero-order valence-corrected chi connectivity index (χ0v) is 17.5. The Balaban J connectivity index is 1.32. The molecule has 0 unspecified atom stereocenters. The third-order valence-corrected chi connectivity index (χ3v) is 5.89. The molecule has 2 aromatic carbocycles. The number of hydrogen-bond acceptors (Lipinski definition) is 5. The number of rotatable bonds is 6. The molecule has 2 aromatic rings. The second kappa shape index (κ2) is 9.30. The number of benzene rings is 2. The minimum Gasteiger partial charge on any atom is -0.466 e. The lowest BCUT2D eigenvalue weighted by Gasteiger charge is -2.36. The normalized spacial score (nSPS) is 19.9. The van der Waals surface area contributed by atoms with E-state index in [0.717, 1.165) is 38.4 Å². The van der Waals surface area contributed by atoms with Gasteiger partial charge in [0.25, 0.3) is 0 Å². The van der Waals surface area contributed by atoms with Crippen molar-refractivity contribution in [2.24, 2.45) is 5.92 Å². The van der Waals surface area contributed by atoms with Gasteiger partial charge in [-0.05, 0) is 36.8 Å². The van der Waals surface area contributed by atoms with Gasteiger partial charge < -0.3 is 14.5 Å². The molecule has 6 heteroatoms. The lowest BCUT2D eigenvalue weighted by Crippen LogP contribution is -2.45. The summed E-state index contributed by atoms with van der Waals surface area (Å²) in [5.74, 6) is -0.663. The number of amides is 1. The fourth-order valence-electron chi connectivity index (χ4n) is 4.22. The lowest BCUT2D eigenvalue weighted by atomic mass is 10.1. The molecular weight excluding hydrogens is 378 g/mol. The molecule has 0 bridgehead atoms. The van der Waals surface area contributed by atoms with Crippen LogP contribution >= 0.6 is 0 Å². The maximum atomic E-state index is 12.4. The molecule has 2 heterocycles. The largest absolute Gasteiger partial charge is 0.466 e. The summed E-state index contributed by atoms with van der Waals surface area (Å²) < 4.78 is 5.07. The van der Waals surface area contributed by atoms with Crippen molar-refractivity contribution in [2.45, 2.75) is 19.9 Å². The van der Waals surface area contributed by atoms with Gasteiger partial charge >= 0.3 is 5.97 Å². The Morgan fingerprint density at radius 1 is 0.967 bits per heavy atom. The lowest BCUT2D eigenvalue weighted by molar-refractivity contribution is -0.147. The molecule has 0 aliphatic carbocycles. The van der Waals surface area contributed by atoms with Gasteiger partial charge in [0.05, 0.1) is 12.5 Å². The van der Waals surface area contributed by atoms with Crippen molar-refractivity contribution in [1.29, 1.82) is 0 Å². The van der Waals surface area contributed by atoms with Crippen molar-refractivity contribution in [2.75, 3.05) is 49.1 Å². The molecule has 2 aliphatic heterocycles. The molecule has 0 N–H and O–H groups in total. The predicted octanol–water partition coefficient (Wildman–Crippen LogP) is 2.92. The van der Waals surface area contributed by atoms with Gasteiger partial charge in [0.1, 0.15) is 0 Å². The van der Waals surface area contributed by atoms with Gasteiger partial charge in [-0.3, -0.25) is 14.5 Å². The molecule has 4 rings (SSSR count). The first kappa shape index (κ1) is 20.4. The number of hydrogen-bond donors (Lipinski definition) is 0. The highest BCUT2D eigenvalue weighted by Gasteiger charge is 2.36. The minimum absolute atomic E-state index is 0.0182. The second-order valence-corrected chi connectivity index (χ2v) is 7.92. The third-order valence-electron chi connectivity index (χ3n) is 5.89. The molecule has 0 saturated carbocycles. The van der Waals surface area contributed by atoms with Crippen molar-refractivity contribution >= 4 is 23.3 Å². The van der Waals surface area contributed by atoms with E-state index in [0.29, 0.717) is 13.2 Å². The van der Waals surface area contributed by atoms with Crippen LogP contribution in [0.2, 0.25) is 0 Å². The van der Waals surface area contributed by atoms with Crippen molar-refractivity contribution < 1.29 is 14.3 Å². The monoisotopic (exact) mass is 407 g/mol. The molecule has 0 aromatic heterocycles.